The molecule has 0 amide bonds. The van der Waals surface area contributed by atoms with Crippen LogP contribution in [-0.4, -0.2) is 22.6 Å². The smallest absolute Gasteiger partial charge is 0.340 e. The molecule has 0 saturated heterocycles. The number of hydrogen-bond donors (Lipinski definition) is 3. The molecule has 0 unspecified atom stereocenters. The van der Waals surface area contributed by atoms with E-state index in [0.29, 0.717) is 36.1 Å². The van der Waals surface area contributed by atoms with Gasteiger partial charge in [0.15, 0.2) is 0 Å². The molecule has 1 heterocycles. The third-order valence-corrected chi connectivity index (χ3v) is 5.01. The third kappa shape index (κ3) is 5.95. The van der Waals surface area contributed by atoms with E-state index in [1.54, 1.807) is 12.3 Å². The van der Waals surface area contributed by atoms with Crippen molar-refractivity contribution >= 4 is 23.1 Å². The molecule has 5 nitrogen and oxygen atoms in total. The highest BCUT2D eigenvalue weighted by molar-refractivity contribution is 5.62. The number of nitrogens with one attached hydrogen (secondary N) is 3. The number of nitrogens with zero attached hydrogens (tertiary/aromatic N) is 2. The zero-order chi connectivity index (χ0) is 21.8. The van der Waals surface area contributed by atoms with Crippen molar-refractivity contribution in [2.24, 2.45) is 0 Å². The lowest BCUT2D eigenvalue weighted by molar-refractivity contribution is -0.137. The maximum Gasteiger partial charge on any atom is 0.416 e. The molecule has 0 spiro atoms. The zero-order valence-electron chi connectivity index (χ0n) is 17.1. The Balaban J connectivity index is 1.55. The highest BCUT2D eigenvalue weighted by Gasteiger charge is 2.31. The van der Waals surface area contributed by atoms with E-state index in [0.717, 1.165) is 30.2 Å². The van der Waals surface area contributed by atoms with E-state index < -0.39 is 11.7 Å². The fraction of sp³-hybridized carbons (Fsp3) is 0.304. The van der Waals surface area contributed by atoms with Crippen molar-refractivity contribution in [1.29, 1.82) is 0 Å². The van der Waals surface area contributed by atoms with Gasteiger partial charge in [0, 0.05) is 29.2 Å². The molecule has 162 valence electrons. The summed E-state index contributed by atoms with van der Waals surface area (Å²) in [5.74, 6) is 0.815. The van der Waals surface area contributed by atoms with E-state index in [-0.39, 0.29) is 5.95 Å². The van der Waals surface area contributed by atoms with Gasteiger partial charge in [-0.15, -0.1) is 0 Å². The summed E-state index contributed by atoms with van der Waals surface area (Å²) >= 11 is 0. The monoisotopic (exact) mass is 427 g/mol. The molecule has 31 heavy (non-hydrogen) atoms. The second-order valence-electron chi connectivity index (χ2n) is 7.74. The Labute approximate surface area is 179 Å². The van der Waals surface area contributed by atoms with Crippen LogP contribution < -0.4 is 16.0 Å². The van der Waals surface area contributed by atoms with Gasteiger partial charge in [-0.1, -0.05) is 18.2 Å². The summed E-state index contributed by atoms with van der Waals surface area (Å²) in [5, 5.41) is 9.48. The zero-order valence-corrected chi connectivity index (χ0v) is 17.1. The van der Waals surface area contributed by atoms with E-state index in [9.17, 15) is 13.2 Å². The first-order chi connectivity index (χ1) is 14.9. The topological polar surface area (TPSA) is 61.9 Å². The molecule has 2 aromatic carbocycles. The van der Waals surface area contributed by atoms with Crippen molar-refractivity contribution in [2.45, 2.75) is 38.4 Å². The summed E-state index contributed by atoms with van der Waals surface area (Å²) in [6.07, 6.45) is 0.00287. The number of rotatable bonds is 8. The maximum absolute atomic E-state index is 13.4. The van der Waals surface area contributed by atoms with Gasteiger partial charge in [0.25, 0.3) is 0 Å². The highest BCUT2D eigenvalue weighted by Crippen LogP contribution is 2.33. The lowest BCUT2D eigenvalue weighted by Crippen LogP contribution is -2.19. The fourth-order valence-corrected chi connectivity index (χ4v) is 3.20. The Morgan fingerprint density at radius 1 is 1.00 bits per heavy atom. The highest BCUT2D eigenvalue weighted by atomic mass is 19.4. The van der Waals surface area contributed by atoms with Crippen molar-refractivity contribution in [2.75, 3.05) is 17.2 Å². The minimum absolute atomic E-state index is 0.227. The Kier molecular flexibility index (Phi) is 6.08. The molecule has 3 aromatic rings. The SMILES string of the molecule is Cc1cnc(Nc2cc(CCNC3CC3)cc(C(F)(F)F)c2)nc1Nc1ccccc1. The van der Waals surface area contributed by atoms with Crippen LogP contribution in [-0.2, 0) is 12.6 Å². The molecule has 8 heteroatoms. The van der Waals surface area contributed by atoms with Crippen molar-refractivity contribution < 1.29 is 13.2 Å². The molecular formula is C23H24F3N5. The lowest BCUT2D eigenvalue weighted by Gasteiger charge is -2.14. The number of para-hydroxylation sites is 1. The van der Waals surface area contributed by atoms with Gasteiger partial charge in [-0.3, -0.25) is 0 Å². The Morgan fingerprint density at radius 3 is 2.48 bits per heavy atom. The largest absolute Gasteiger partial charge is 0.416 e. The Morgan fingerprint density at radius 2 is 1.77 bits per heavy atom. The normalized spacial score (nSPS) is 13.8. The Hall–Kier alpha value is -3.13. The molecule has 1 aliphatic rings. The van der Waals surface area contributed by atoms with Crippen LogP contribution in [0.3, 0.4) is 0 Å². The van der Waals surface area contributed by atoms with Gasteiger partial charge in [-0.05, 0) is 68.6 Å². The first-order valence-electron chi connectivity index (χ1n) is 10.2. The van der Waals surface area contributed by atoms with Crippen LogP contribution in [0, 0.1) is 6.92 Å². The van der Waals surface area contributed by atoms with Gasteiger partial charge in [-0.2, -0.15) is 18.2 Å². The summed E-state index contributed by atoms with van der Waals surface area (Å²) in [6, 6.07) is 14.1. The number of aryl methyl sites for hydroxylation is 1. The molecular weight excluding hydrogens is 403 g/mol. The second kappa shape index (κ2) is 8.93. The number of aromatic nitrogens is 2. The molecule has 0 atom stereocenters. The number of anilines is 4. The lowest BCUT2D eigenvalue weighted by atomic mass is 10.1. The molecule has 1 saturated carbocycles. The van der Waals surface area contributed by atoms with Crippen LogP contribution in [0.1, 0.15) is 29.5 Å². The average Bonchev–Trinajstić information content (AvgIpc) is 3.55. The number of hydrogen-bond acceptors (Lipinski definition) is 5. The van der Waals surface area contributed by atoms with Crippen LogP contribution in [0.25, 0.3) is 0 Å². The van der Waals surface area contributed by atoms with Crippen LogP contribution in [0.5, 0.6) is 0 Å². The quantitative estimate of drug-likeness (QED) is 0.438. The number of halogens is 3. The van der Waals surface area contributed by atoms with Gasteiger partial charge in [-0.25, -0.2) is 4.98 Å². The van der Waals surface area contributed by atoms with Crippen LogP contribution in [0.4, 0.5) is 36.3 Å². The van der Waals surface area contributed by atoms with E-state index >= 15 is 0 Å². The molecule has 1 fully saturated rings. The third-order valence-electron chi connectivity index (χ3n) is 5.01. The molecule has 0 radical (unpaired) electrons. The molecule has 4 rings (SSSR count). The van der Waals surface area contributed by atoms with E-state index in [4.69, 9.17) is 0 Å². The van der Waals surface area contributed by atoms with Gasteiger partial charge in [0.05, 0.1) is 5.56 Å². The predicted octanol–water partition coefficient (Wildman–Crippen LogP) is 5.59. The van der Waals surface area contributed by atoms with Crippen molar-refractivity contribution in [1.82, 2.24) is 15.3 Å². The first-order valence-corrected chi connectivity index (χ1v) is 10.2. The minimum atomic E-state index is -4.43. The summed E-state index contributed by atoms with van der Waals surface area (Å²) in [4.78, 5) is 8.69. The standard InChI is InChI=1S/C23H24F3N5/c1-15-14-28-22(31-21(15)29-19-5-3-2-4-6-19)30-20-12-16(9-10-27-18-7-8-18)11-17(13-20)23(24,25)26/h2-6,11-14,18,27H,7-10H2,1H3,(H2,28,29,30,31). The average molecular weight is 427 g/mol. The molecule has 1 aliphatic carbocycles. The second-order valence-corrected chi connectivity index (χ2v) is 7.74. The predicted molar refractivity (Wildman–Crippen MR) is 116 cm³/mol. The summed E-state index contributed by atoms with van der Waals surface area (Å²) < 4.78 is 40.3. The number of benzene rings is 2. The van der Waals surface area contributed by atoms with E-state index in [1.165, 1.54) is 6.07 Å². The summed E-state index contributed by atoms with van der Waals surface area (Å²) in [6.45, 7) is 2.52. The first kappa shape index (κ1) is 21.1. The molecule has 3 N–H and O–H groups in total. The van der Waals surface area contributed by atoms with Crippen LogP contribution in [0.2, 0.25) is 0 Å². The van der Waals surface area contributed by atoms with Crippen molar-refractivity contribution in [3.8, 4) is 0 Å². The van der Waals surface area contributed by atoms with Crippen LogP contribution >= 0.6 is 0 Å². The van der Waals surface area contributed by atoms with E-state index in [1.807, 2.05) is 37.3 Å². The van der Waals surface area contributed by atoms with E-state index in [2.05, 4.69) is 25.9 Å². The summed E-state index contributed by atoms with van der Waals surface area (Å²) in [7, 11) is 0. The van der Waals surface area contributed by atoms with Crippen molar-refractivity contribution in [3.05, 3.63) is 71.4 Å². The molecule has 0 bridgehead atoms. The summed E-state index contributed by atoms with van der Waals surface area (Å²) in [5.41, 5.74) is 1.92. The van der Waals surface area contributed by atoms with Crippen LogP contribution in [0.15, 0.2) is 54.7 Å². The molecule has 1 aromatic heterocycles. The maximum atomic E-state index is 13.4. The minimum Gasteiger partial charge on any atom is -0.340 e. The van der Waals surface area contributed by atoms with Gasteiger partial charge in [0.2, 0.25) is 5.95 Å². The number of alkyl halides is 3. The Bertz CT molecular complexity index is 1030. The van der Waals surface area contributed by atoms with Gasteiger partial charge >= 0.3 is 6.18 Å². The van der Waals surface area contributed by atoms with Gasteiger partial charge < -0.3 is 16.0 Å². The van der Waals surface area contributed by atoms with Gasteiger partial charge in [0.1, 0.15) is 5.82 Å². The molecule has 0 aliphatic heterocycles. The van der Waals surface area contributed by atoms with Crippen molar-refractivity contribution in [3.63, 3.8) is 0 Å². The fourth-order valence-electron chi connectivity index (χ4n) is 3.20.